The highest BCUT2D eigenvalue weighted by Crippen LogP contribution is 2.59. The monoisotopic (exact) mass is 626 g/mol. The van der Waals surface area contributed by atoms with Crippen molar-refractivity contribution in [3.63, 3.8) is 0 Å². The molecule has 0 spiro atoms. The smallest absolute Gasteiger partial charge is 0.0622 e. The van der Waals surface area contributed by atoms with Gasteiger partial charge in [-0.15, -0.1) is 0 Å². The fourth-order valence-electron chi connectivity index (χ4n) is 6.37. The predicted octanol–water partition coefficient (Wildman–Crippen LogP) is 10.9. The molecule has 39 heavy (non-hydrogen) atoms. The van der Waals surface area contributed by atoms with Crippen LogP contribution in [-0.2, 0) is 5.41 Å². The lowest BCUT2D eigenvalue weighted by Crippen LogP contribution is -2.28. The molecule has 6 aromatic carbocycles. The van der Waals surface area contributed by atoms with Gasteiger partial charge in [-0.05, 0) is 79.9 Å². The fraction of sp³-hybridized carbons (Fsp3) is 0.0270. The molecule has 0 saturated carbocycles. The molecule has 0 aromatic heterocycles. The molecule has 0 heterocycles. The Morgan fingerprint density at radius 3 is 1.56 bits per heavy atom. The van der Waals surface area contributed by atoms with Crippen LogP contribution in [0.5, 0.6) is 0 Å². The van der Waals surface area contributed by atoms with Crippen molar-refractivity contribution >= 4 is 31.9 Å². The molecular weight excluding hydrogens is 604 g/mol. The van der Waals surface area contributed by atoms with Crippen LogP contribution in [0.3, 0.4) is 0 Å². The van der Waals surface area contributed by atoms with Crippen LogP contribution in [0, 0.1) is 0 Å². The molecule has 186 valence electrons. The zero-order valence-electron chi connectivity index (χ0n) is 21.1. The van der Waals surface area contributed by atoms with E-state index in [-0.39, 0.29) is 0 Å². The Morgan fingerprint density at radius 2 is 0.897 bits per heavy atom. The summed E-state index contributed by atoms with van der Waals surface area (Å²) in [5.41, 5.74) is 12.2. The average Bonchev–Trinajstić information content (AvgIpc) is 3.29. The maximum absolute atomic E-state index is 3.78. The van der Waals surface area contributed by atoms with E-state index in [1.807, 2.05) is 0 Å². The van der Waals surface area contributed by atoms with Gasteiger partial charge in [-0.25, -0.2) is 0 Å². The number of benzene rings is 6. The minimum Gasteiger partial charge on any atom is -0.0622 e. The average molecular weight is 628 g/mol. The Bertz CT molecular complexity index is 1790. The molecule has 0 aliphatic heterocycles. The van der Waals surface area contributed by atoms with E-state index in [9.17, 15) is 0 Å². The van der Waals surface area contributed by atoms with Crippen LogP contribution in [0.15, 0.2) is 155 Å². The quantitative estimate of drug-likeness (QED) is 0.182. The summed E-state index contributed by atoms with van der Waals surface area (Å²) in [6.07, 6.45) is 0. The number of fused-ring (bicyclic) bond motifs is 3. The molecule has 0 radical (unpaired) electrons. The van der Waals surface area contributed by atoms with E-state index in [0.717, 1.165) is 8.95 Å². The van der Waals surface area contributed by atoms with E-state index in [0.29, 0.717) is 0 Å². The molecule has 6 aromatic rings. The van der Waals surface area contributed by atoms with E-state index in [1.165, 1.54) is 55.6 Å². The SMILES string of the molecule is Brc1cccc(C2(c3cccc(Br)c3)c3ccccc3-c3c(-c4ccccc4-c4ccccc4)cccc32)c1. The molecule has 0 amide bonds. The minimum atomic E-state index is -0.461. The van der Waals surface area contributed by atoms with Crippen LogP contribution in [-0.4, -0.2) is 0 Å². The Hall–Kier alpha value is -3.72. The largest absolute Gasteiger partial charge is 0.0714 e. The summed E-state index contributed by atoms with van der Waals surface area (Å²) in [5, 5.41) is 0. The van der Waals surface area contributed by atoms with Gasteiger partial charge >= 0.3 is 0 Å². The van der Waals surface area contributed by atoms with E-state index < -0.39 is 5.41 Å². The summed E-state index contributed by atoms with van der Waals surface area (Å²) in [4.78, 5) is 0. The second kappa shape index (κ2) is 9.79. The van der Waals surface area contributed by atoms with Crippen LogP contribution in [0.2, 0.25) is 0 Å². The highest BCUT2D eigenvalue weighted by molar-refractivity contribution is 9.10. The normalized spacial score (nSPS) is 13.1. The highest BCUT2D eigenvalue weighted by Gasteiger charge is 2.47. The van der Waals surface area contributed by atoms with Crippen molar-refractivity contribution in [1.29, 1.82) is 0 Å². The van der Waals surface area contributed by atoms with Gasteiger partial charge in [0.25, 0.3) is 0 Å². The Morgan fingerprint density at radius 1 is 0.385 bits per heavy atom. The summed E-state index contributed by atoms with van der Waals surface area (Å²) in [5.74, 6) is 0. The van der Waals surface area contributed by atoms with Crippen LogP contribution < -0.4 is 0 Å². The van der Waals surface area contributed by atoms with Crippen molar-refractivity contribution in [2.45, 2.75) is 5.41 Å². The van der Waals surface area contributed by atoms with Gasteiger partial charge in [-0.3, -0.25) is 0 Å². The molecular formula is C37H24Br2. The summed E-state index contributed by atoms with van der Waals surface area (Å²) in [6.45, 7) is 0. The number of rotatable bonds is 4. The number of hydrogen-bond acceptors (Lipinski definition) is 0. The van der Waals surface area contributed by atoms with Crippen LogP contribution in [0.25, 0.3) is 33.4 Å². The van der Waals surface area contributed by atoms with E-state index >= 15 is 0 Å². The fourth-order valence-corrected chi connectivity index (χ4v) is 7.17. The molecule has 0 fully saturated rings. The third kappa shape index (κ3) is 3.85. The Balaban J connectivity index is 1.61. The molecule has 0 atom stereocenters. The van der Waals surface area contributed by atoms with Crippen molar-refractivity contribution in [2.24, 2.45) is 0 Å². The predicted molar refractivity (Wildman–Crippen MR) is 170 cm³/mol. The van der Waals surface area contributed by atoms with Crippen LogP contribution in [0.1, 0.15) is 22.3 Å². The summed E-state index contributed by atoms with van der Waals surface area (Å²) < 4.78 is 2.15. The van der Waals surface area contributed by atoms with Crippen molar-refractivity contribution in [3.05, 3.63) is 177 Å². The van der Waals surface area contributed by atoms with Crippen LogP contribution in [0.4, 0.5) is 0 Å². The van der Waals surface area contributed by atoms with Gasteiger partial charge in [0.15, 0.2) is 0 Å². The molecule has 0 bridgehead atoms. The zero-order chi connectivity index (χ0) is 26.4. The lowest BCUT2D eigenvalue weighted by atomic mass is 9.67. The van der Waals surface area contributed by atoms with Crippen molar-refractivity contribution in [1.82, 2.24) is 0 Å². The first-order valence-corrected chi connectivity index (χ1v) is 14.7. The molecule has 2 heteroatoms. The minimum absolute atomic E-state index is 0.461. The molecule has 0 N–H and O–H groups in total. The van der Waals surface area contributed by atoms with Gasteiger partial charge in [0.1, 0.15) is 0 Å². The van der Waals surface area contributed by atoms with Crippen LogP contribution >= 0.6 is 31.9 Å². The lowest BCUT2D eigenvalue weighted by Gasteiger charge is -2.34. The maximum atomic E-state index is 3.78. The first kappa shape index (κ1) is 24.3. The molecule has 7 rings (SSSR count). The van der Waals surface area contributed by atoms with Gasteiger partial charge < -0.3 is 0 Å². The van der Waals surface area contributed by atoms with Crippen molar-refractivity contribution < 1.29 is 0 Å². The molecule has 0 saturated heterocycles. The first-order valence-electron chi connectivity index (χ1n) is 13.1. The number of hydrogen-bond donors (Lipinski definition) is 0. The summed E-state index contributed by atoms with van der Waals surface area (Å²) in [7, 11) is 0. The van der Waals surface area contributed by atoms with Crippen molar-refractivity contribution in [2.75, 3.05) is 0 Å². The third-order valence-electron chi connectivity index (χ3n) is 7.89. The second-order valence-corrected chi connectivity index (χ2v) is 11.8. The van der Waals surface area contributed by atoms with Gasteiger partial charge in [-0.2, -0.15) is 0 Å². The topological polar surface area (TPSA) is 0 Å². The molecule has 0 nitrogen and oxygen atoms in total. The lowest BCUT2D eigenvalue weighted by molar-refractivity contribution is 0.767. The Kier molecular flexibility index (Phi) is 6.11. The van der Waals surface area contributed by atoms with Gasteiger partial charge in [0.2, 0.25) is 0 Å². The molecule has 1 aliphatic rings. The Labute approximate surface area is 246 Å². The zero-order valence-corrected chi connectivity index (χ0v) is 24.3. The van der Waals surface area contributed by atoms with E-state index in [4.69, 9.17) is 0 Å². The summed E-state index contributed by atoms with van der Waals surface area (Å²) >= 11 is 7.56. The highest BCUT2D eigenvalue weighted by atomic mass is 79.9. The first-order chi connectivity index (χ1) is 19.2. The van der Waals surface area contributed by atoms with Gasteiger partial charge in [0.05, 0.1) is 5.41 Å². The van der Waals surface area contributed by atoms with E-state index in [1.54, 1.807) is 0 Å². The molecule has 1 aliphatic carbocycles. The second-order valence-electron chi connectivity index (χ2n) is 9.96. The van der Waals surface area contributed by atoms with Gasteiger partial charge in [-0.1, -0.05) is 153 Å². The maximum Gasteiger partial charge on any atom is 0.0714 e. The standard InChI is InChI=1S/C37H24Br2/c38-28-15-8-13-26(23-28)37(27-14-9-16-29(39)24-27)34-21-7-6-19-33(34)36-32(20-10-22-35(36)37)31-18-5-4-17-30(31)25-11-2-1-3-12-25/h1-24H. The van der Waals surface area contributed by atoms with E-state index in [2.05, 4.69) is 177 Å². The molecule has 0 unspecified atom stereocenters. The third-order valence-corrected chi connectivity index (χ3v) is 8.87. The van der Waals surface area contributed by atoms with Crippen molar-refractivity contribution in [3.8, 4) is 33.4 Å². The summed E-state index contributed by atoms with van der Waals surface area (Å²) in [6, 6.07) is 52.9. The van der Waals surface area contributed by atoms with Gasteiger partial charge in [0, 0.05) is 8.95 Å². The number of halogens is 2.